The number of Topliss-reactive ketones (excluding diaryl/α,β-unsaturated/α-hetero) is 1. The van der Waals surface area contributed by atoms with Crippen LogP contribution in [0.25, 0.3) is 0 Å². The van der Waals surface area contributed by atoms with Gasteiger partial charge in [-0.3, -0.25) is 9.80 Å². The maximum Gasteiger partial charge on any atom is 0.194 e. The predicted molar refractivity (Wildman–Crippen MR) is 89.6 cm³/mol. The van der Waals surface area contributed by atoms with Crippen LogP contribution in [0.15, 0.2) is 58.9 Å². The Bertz CT molecular complexity index is 756. The van der Waals surface area contributed by atoms with Gasteiger partial charge in [0.15, 0.2) is 11.9 Å². The van der Waals surface area contributed by atoms with E-state index < -0.39 is 6.10 Å². The molecular formula is C18H19N3O3. The van der Waals surface area contributed by atoms with Crippen molar-refractivity contribution in [1.29, 1.82) is 0 Å². The van der Waals surface area contributed by atoms with Crippen molar-refractivity contribution in [3.63, 3.8) is 0 Å². The number of methoxy groups -OCH3 is 1. The minimum absolute atomic E-state index is 0.0288. The average molecular weight is 325 g/mol. The van der Waals surface area contributed by atoms with Gasteiger partial charge in [0.05, 0.1) is 12.8 Å². The normalized spacial score (nSPS) is 19.3. The molecule has 2 aromatic rings. The van der Waals surface area contributed by atoms with E-state index in [0.717, 1.165) is 11.3 Å². The van der Waals surface area contributed by atoms with E-state index in [2.05, 4.69) is 10.3 Å². The molecule has 2 unspecified atom stereocenters. The second-order valence-electron chi connectivity index (χ2n) is 5.70. The number of ether oxygens (including phenoxy) is 2. The Morgan fingerprint density at radius 1 is 1.17 bits per heavy atom. The Kier molecular flexibility index (Phi) is 4.57. The number of rotatable bonds is 6. The lowest BCUT2D eigenvalue weighted by Gasteiger charge is -2.02. The smallest absolute Gasteiger partial charge is 0.194 e. The summed E-state index contributed by atoms with van der Waals surface area (Å²) in [5.74, 6) is 0.726. The molecule has 0 bridgehead atoms. The molecule has 0 spiro atoms. The van der Waals surface area contributed by atoms with Gasteiger partial charge in [-0.05, 0) is 42.0 Å². The van der Waals surface area contributed by atoms with E-state index in [0.29, 0.717) is 11.3 Å². The molecule has 2 atom stereocenters. The van der Waals surface area contributed by atoms with Crippen LogP contribution in [0, 0.1) is 0 Å². The van der Waals surface area contributed by atoms with E-state index in [1.165, 1.54) is 0 Å². The third-order valence-corrected chi connectivity index (χ3v) is 3.66. The van der Waals surface area contributed by atoms with E-state index in [4.69, 9.17) is 9.47 Å². The van der Waals surface area contributed by atoms with Crippen LogP contribution in [-0.4, -0.2) is 38.1 Å². The van der Waals surface area contributed by atoms with E-state index in [-0.39, 0.29) is 11.9 Å². The summed E-state index contributed by atoms with van der Waals surface area (Å²) in [6.07, 6.45) is -0.646. The number of benzene rings is 2. The summed E-state index contributed by atoms with van der Waals surface area (Å²) in [4.78, 5) is 12.5. The number of carbonyl (C=O) groups excluding carboxylic acids is 1. The number of hydrogen-bond donors (Lipinski definition) is 0. The molecule has 6 nitrogen and oxygen atoms in total. The van der Waals surface area contributed by atoms with Gasteiger partial charge < -0.3 is 9.47 Å². The van der Waals surface area contributed by atoms with Gasteiger partial charge >= 0.3 is 0 Å². The molecule has 2 aromatic carbocycles. The highest BCUT2D eigenvalue weighted by Crippen LogP contribution is 2.41. The Balaban J connectivity index is 1.67. The van der Waals surface area contributed by atoms with Crippen molar-refractivity contribution in [3.05, 3.63) is 59.7 Å². The first-order chi connectivity index (χ1) is 11.6. The van der Waals surface area contributed by atoms with Gasteiger partial charge in [0.2, 0.25) is 0 Å². The lowest BCUT2D eigenvalue weighted by Crippen LogP contribution is -2.08. The van der Waals surface area contributed by atoms with Crippen LogP contribution < -0.4 is 4.74 Å². The van der Waals surface area contributed by atoms with Crippen LogP contribution >= 0.6 is 0 Å². The van der Waals surface area contributed by atoms with Gasteiger partial charge in [-0.1, -0.05) is 17.4 Å². The Labute approximate surface area is 140 Å². The largest absolute Gasteiger partial charge is 0.497 e. The van der Waals surface area contributed by atoms with Crippen molar-refractivity contribution >= 4 is 11.5 Å². The maximum absolute atomic E-state index is 12.5. The molecule has 0 radical (unpaired) electrons. The standard InChI is InChI=1S/C18H19N3O3/c1-21(2)20-19-14-9-7-12(8-10-14)16(22)18-17(24-18)13-5-4-6-15(11-13)23-3/h4-11,17-18H,1-3H3. The Morgan fingerprint density at radius 3 is 2.58 bits per heavy atom. The number of nitrogens with zero attached hydrogens (tertiary/aromatic N) is 3. The van der Waals surface area contributed by atoms with Gasteiger partial charge in [-0.15, -0.1) is 5.11 Å². The van der Waals surface area contributed by atoms with E-state index in [9.17, 15) is 4.79 Å². The zero-order valence-electron chi connectivity index (χ0n) is 13.8. The van der Waals surface area contributed by atoms with Gasteiger partial charge in [-0.25, -0.2) is 0 Å². The van der Waals surface area contributed by atoms with Crippen molar-refractivity contribution in [2.75, 3.05) is 21.2 Å². The SMILES string of the molecule is COc1cccc(C2OC2C(=O)c2ccc(N=NN(C)C)cc2)c1. The summed E-state index contributed by atoms with van der Waals surface area (Å²) in [7, 11) is 5.21. The molecule has 0 aromatic heterocycles. The first-order valence-corrected chi connectivity index (χ1v) is 7.61. The number of ketones is 1. The molecule has 24 heavy (non-hydrogen) atoms. The van der Waals surface area contributed by atoms with Crippen LogP contribution in [0.1, 0.15) is 22.0 Å². The summed E-state index contributed by atoms with van der Waals surface area (Å²) in [5.41, 5.74) is 2.25. The highest BCUT2D eigenvalue weighted by molar-refractivity contribution is 6.01. The molecule has 124 valence electrons. The van der Waals surface area contributed by atoms with Gasteiger partial charge in [0.1, 0.15) is 11.9 Å². The first-order valence-electron chi connectivity index (χ1n) is 7.61. The second kappa shape index (κ2) is 6.80. The summed E-state index contributed by atoms with van der Waals surface area (Å²) >= 11 is 0. The van der Waals surface area contributed by atoms with Gasteiger partial charge in [0.25, 0.3) is 0 Å². The molecule has 0 aliphatic carbocycles. The number of epoxide rings is 1. The third kappa shape index (κ3) is 3.60. The quantitative estimate of drug-likeness (QED) is 0.352. The fourth-order valence-electron chi connectivity index (χ4n) is 2.38. The Morgan fingerprint density at radius 2 is 1.92 bits per heavy atom. The molecular weight excluding hydrogens is 306 g/mol. The average Bonchev–Trinajstić information content (AvgIpc) is 3.40. The van der Waals surface area contributed by atoms with Crippen LogP contribution in [0.5, 0.6) is 5.75 Å². The summed E-state index contributed by atoms with van der Waals surface area (Å²) in [5, 5.41) is 9.57. The van der Waals surface area contributed by atoms with Crippen molar-refractivity contribution in [1.82, 2.24) is 5.01 Å². The zero-order valence-corrected chi connectivity index (χ0v) is 13.8. The molecule has 6 heteroatoms. The minimum atomic E-state index is -0.439. The van der Waals surface area contributed by atoms with Crippen LogP contribution in [0.4, 0.5) is 5.69 Å². The van der Waals surface area contributed by atoms with Crippen LogP contribution in [-0.2, 0) is 4.74 Å². The minimum Gasteiger partial charge on any atom is -0.497 e. The monoisotopic (exact) mass is 325 g/mol. The highest BCUT2D eigenvalue weighted by Gasteiger charge is 2.46. The second-order valence-corrected chi connectivity index (χ2v) is 5.70. The fraction of sp³-hybridized carbons (Fsp3) is 0.278. The highest BCUT2D eigenvalue weighted by atomic mass is 16.6. The van der Waals surface area contributed by atoms with Crippen molar-refractivity contribution in [3.8, 4) is 5.75 Å². The van der Waals surface area contributed by atoms with Crippen LogP contribution in [0.3, 0.4) is 0 Å². The predicted octanol–water partition coefficient (Wildman–Crippen LogP) is 3.58. The van der Waals surface area contributed by atoms with Crippen molar-refractivity contribution in [2.45, 2.75) is 12.2 Å². The van der Waals surface area contributed by atoms with Crippen molar-refractivity contribution < 1.29 is 14.3 Å². The summed E-state index contributed by atoms with van der Waals surface area (Å²) < 4.78 is 10.8. The van der Waals surface area contributed by atoms with Gasteiger partial charge in [-0.2, -0.15) is 0 Å². The molecule has 1 fully saturated rings. The lowest BCUT2D eigenvalue weighted by atomic mass is 10.0. The van der Waals surface area contributed by atoms with Crippen molar-refractivity contribution in [2.24, 2.45) is 10.3 Å². The molecule has 3 rings (SSSR count). The van der Waals surface area contributed by atoms with E-state index in [1.54, 1.807) is 50.5 Å². The third-order valence-electron chi connectivity index (χ3n) is 3.66. The summed E-state index contributed by atoms with van der Waals surface area (Å²) in [6.45, 7) is 0. The lowest BCUT2D eigenvalue weighted by molar-refractivity contribution is 0.0953. The molecule has 0 amide bonds. The molecule has 1 heterocycles. The maximum atomic E-state index is 12.5. The van der Waals surface area contributed by atoms with E-state index >= 15 is 0 Å². The molecule has 1 aliphatic heterocycles. The van der Waals surface area contributed by atoms with Crippen LogP contribution in [0.2, 0.25) is 0 Å². The fourth-order valence-corrected chi connectivity index (χ4v) is 2.38. The molecule has 0 saturated carbocycles. The Hall–Kier alpha value is -2.73. The molecule has 0 N–H and O–H groups in total. The summed E-state index contributed by atoms with van der Waals surface area (Å²) in [6, 6.07) is 14.6. The van der Waals surface area contributed by atoms with E-state index in [1.807, 2.05) is 24.3 Å². The topological polar surface area (TPSA) is 66.8 Å². The molecule has 1 aliphatic rings. The molecule has 1 saturated heterocycles. The number of hydrogen-bond acceptors (Lipinski definition) is 5. The zero-order chi connectivity index (χ0) is 17.1. The number of carbonyl (C=O) groups is 1. The van der Waals surface area contributed by atoms with Gasteiger partial charge in [0, 0.05) is 19.7 Å². The first kappa shape index (κ1) is 16.1.